The first-order valence-corrected chi connectivity index (χ1v) is 4.37. The van der Waals surface area contributed by atoms with Gasteiger partial charge in [0.2, 0.25) is 0 Å². The van der Waals surface area contributed by atoms with Crippen LogP contribution < -0.4 is 5.32 Å². The summed E-state index contributed by atoms with van der Waals surface area (Å²) < 4.78 is 0. The van der Waals surface area contributed by atoms with Gasteiger partial charge in [-0.3, -0.25) is 0 Å². The number of nitrogens with one attached hydrogen (secondary N) is 1. The van der Waals surface area contributed by atoms with E-state index in [0.717, 1.165) is 17.8 Å². The zero-order chi connectivity index (χ0) is 9.42. The number of hydrogen-bond donors (Lipinski definition) is 1. The lowest BCUT2D eigenvalue weighted by molar-refractivity contribution is 0.835. The van der Waals surface area contributed by atoms with Gasteiger partial charge in [-0.15, -0.1) is 0 Å². The number of nitrogens with zero attached hydrogens (tertiary/aromatic N) is 2. The summed E-state index contributed by atoms with van der Waals surface area (Å²) in [5, 5.41) is 12.1. The summed E-state index contributed by atoms with van der Waals surface area (Å²) >= 11 is 0. The number of pyridine rings is 1. The van der Waals surface area contributed by atoms with Crippen LogP contribution in [-0.4, -0.2) is 11.0 Å². The second-order valence-corrected chi connectivity index (χ2v) is 3.49. The Balaban J connectivity index is 2.56. The van der Waals surface area contributed by atoms with E-state index in [-0.39, 0.29) is 0 Å². The zero-order valence-corrected chi connectivity index (χ0v) is 7.76. The van der Waals surface area contributed by atoms with Crippen molar-refractivity contribution in [2.45, 2.75) is 26.3 Å². The maximum absolute atomic E-state index is 8.81. The quantitative estimate of drug-likeness (QED) is 0.648. The van der Waals surface area contributed by atoms with Gasteiger partial charge in [-0.2, -0.15) is 5.26 Å². The normalized spacial score (nSPS) is 19.0. The zero-order valence-electron chi connectivity index (χ0n) is 7.76. The van der Waals surface area contributed by atoms with Gasteiger partial charge in [-0.05, 0) is 25.8 Å². The van der Waals surface area contributed by atoms with Gasteiger partial charge in [-0.25, -0.2) is 4.98 Å². The highest BCUT2D eigenvalue weighted by atomic mass is 15.0. The molecule has 0 amide bonds. The molecule has 66 valence electrons. The molecule has 3 heteroatoms. The van der Waals surface area contributed by atoms with Gasteiger partial charge in [0, 0.05) is 17.8 Å². The van der Waals surface area contributed by atoms with Gasteiger partial charge < -0.3 is 5.32 Å². The van der Waals surface area contributed by atoms with Crippen molar-refractivity contribution in [2.24, 2.45) is 0 Å². The van der Waals surface area contributed by atoms with Crippen molar-refractivity contribution < 1.29 is 0 Å². The summed E-state index contributed by atoms with van der Waals surface area (Å²) in [5.41, 5.74) is 2.96. The Morgan fingerprint density at radius 3 is 3.15 bits per heavy atom. The molecule has 0 bridgehead atoms. The van der Waals surface area contributed by atoms with E-state index >= 15 is 0 Å². The molecule has 0 radical (unpaired) electrons. The van der Waals surface area contributed by atoms with Crippen molar-refractivity contribution in [2.75, 3.05) is 5.32 Å². The Labute approximate surface area is 77.4 Å². The predicted molar refractivity (Wildman–Crippen MR) is 50.5 cm³/mol. The van der Waals surface area contributed by atoms with Gasteiger partial charge in [-0.1, -0.05) is 0 Å². The topological polar surface area (TPSA) is 48.7 Å². The van der Waals surface area contributed by atoms with E-state index in [9.17, 15) is 0 Å². The minimum Gasteiger partial charge on any atom is -0.367 e. The third kappa shape index (κ3) is 1.15. The SMILES string of the molecule is Cc1c(C#N)cnc2c1CC(C)N2. The van der Waals surface area contributed by atoms with E-state index in [2.05, 4.69) is 23.3 Å². The Hall–Kier alpha value is -1.56. The highest BCUT2D eigenvalue weighted by Crippen LogP contribution is 2.27. The number of hydrogen-bond acceptors (Lipinski definition) is 3. The monoisotopic (exact) mass is 173 g/mol. The first-order chi connectivity index (χ1) is 6.22. The second kappa shape index (κ2) is 2.74. The van der Waals surface area contributed by atoms with Crippen molar-refractivity contribution in [3.05, 3.63) is 22.9 Å². The molecule has 1 atom stereocenters. The first-order valence-electron chi connectivity index (χ1n) is 4.37. The first kappa shape index (κ1) is 8.06. The predicted octanol–water partition coefficient (Wildman–Crippen LogP) is 1.62. The van der Waals surface area contributed by atoms with E-state index < -0.39 is 0 Å². The molecule has 1 aromatic heterocycles. The Kier molecular flexibility index (Phi) is 1.70. The smallest absolute Gasteiger partial charge is 0.129 e. The highest BCUT2D eigenvalue weighted by molar-refractivity contribution is 5.57. The number of rotatable bonds is 0. The average molecular weight is 173 g/mol. The second-order valence-electron chi connectivity index (χ2n) is 3.49. The van der Waals surface area contributed by atoms with E-state index in [4.69, 9.17) is 5.26 Å². The molecule has 1 aliphatic rings. The summed E-state index contributed by atoms with van der Waals surface area (Å²) in [6, 6.07) is 2.59. The molecular weight excluding hydrogens is 162 g/mol. The summed E-state index contributed by atoms with van der Waals surface area (Å²) in [6.07, 6.45) is 2.61. The Bertz CT molecular complexity index is 390. The number of aromatic nitrogens is 1. The maximum Gasteiger partial charge on any atom is 0.129 e. The number of fused-ring (bicyclic) bond motifs is 1. The van der Waals surface area contributed by atoms with Crippen LogP contribution in [0.2, 0.25) is 0 Å². The minimum absolute atomic E-state index is 0.440. The van der Waals surface area contributed by atoms with Crippen molar-refractivity contribution >= 4 is 5.82 Å². The molecular formula is C10H11N3. The van der Waals surface area contributed by atoms with Gasteiger partial charge in [0.1, 0.15) is 11.9 Å². The van der Waals surface area contributed by atoms with Crippen LogP contribution in [0.3, 0.4) is 0 Å². The van der Waals surface area contributed by atoms with E-state index in [1.807, 2.05) is 6.92 Å². The average Bonchev–Trinajstić information content (AvgIpc) is 2.47. The van der Waals surface area contributed by atoms with Crippen molar-refractivity contribution in [3.8, 4) is 6.07 Å². The maximum atomic E-state index is 8.81. The lowest BCUT2D eigenvalue weighted by Gasteiger charge is -2.02. The van der Waals surface area contributed by atoms with Gasteiger partial charge >= 0.3 is 0 Å². The molecule has 1 N–H and O–H groups in total. The van der Waals surface area contributed by atoms with Gasteiger partial charge in [0.05, 0.1) is 5.56 Å². The lowest BCUT2D eigenvalue weighted by Crippen LogP contribution is -2.08. The van der Waals surface area contributed by atoms with Crippen LogP contribution in [0.5, 0.6) is 0 Å². The molecule has 3 nitrogen and oxygen atoms in total. The molecule has 0 saturated heterocycles. The van der Waals surface area contributed by atoms with Crippen LogP contribution in [0.25, 0.3) is 0 Å². The molecule has 1 aromatic rings. The molecule has 1 aliphatic heterocycles. The standard InChI is InChI=1S/C10H11N3/c1-6-3-9-7(2)8(4-11)5-12-10(9)13-6/h5-6H,3H2,1-2H3,(H,12,13). The minimum atomic E-state index is 0.440. The summed E-state index contributed by atoms with van der Waals surface area (Å²) in [6.45, 7) is 4.10. The fraction of sp³-hybridized carbons (Fsp3) is 0.400. The van der Waals surface area contributed by atoms with E-state index in [1.165, 1.54) is 5.56 Å². The van der Waals surface area contributed by atoms with E-state index in [1.54, 1.807) is 6.20 Å². The molecule has 0 fully saturated rings. The van der Waals surface area contributed by atoms with Crippen molar-refractivity contribution in [1.82, 2.24) is 4.98 Å². The number of anilines is 1. The summed E-state index contributed by atoms with van der Waals surface area (Å²) in [4.78, 5) is 4.21. The Morgan fingerprint density at radius 1 is 1.69 bits per heavy atom. The molecule has 2 rings (SSSR count). The molecule has 2 heterocycles. The summed E-state index contributed by atoms with van der Waals surface area (Å²) in [7, 11) is 0. The van der Waals surface area contributed by atoms with Crippen LogP contribution in [0.4, 0.5) is 5.82 Å². The van der Waals surface area contributed by atoms with Crippen LogP contribution in [0.1, 0.15) is 23.6 Å². The molecule has 0 aliphatic carbocycles. The Morgan fingerprint density at radius 2 is 2.46 bits per heavy atom. The summed E-state index contributed by atoms with van der Waals surface area (Å²) in [5.74, 6) is 0.948. The van der Waals surface area contributed by atoms with E-state index in [0.29, 0.717) is 11.6 Å². The van der Waals surface area contributed by atoms with Crippen molar-refractivity contribution in [3.63, 3.8) is 0 Å². The molecule has 13 heavy (non-hydrogen) atoms. The third-order valence-electron chi connectivity index (χ3n) is 2.48. The third-order valence-corrected chi connectivity index (χ3v) is 2.48. The van der Waals surface area contributed by atoms with Gasteiger partial charge in [0.25, 0.3) is 0 Å². The van der Waals surface area contributed by atoms with Crippen LogP contribution >= 0.6 is 0 Å². The van der Waals surface area contributed by atoms with Crippen LogP contribution in [-0.2, 0) is 6.42 Å². The largest absolute Gasteiger partial charge is 0.367 e. The fourth-order valence-corrected chi connectivity index (χ4v) is 1.72. The lowest BCUT2D eigenvalue weighted by atomic mass is 10.0. The molecule has 1 unspecified atom stereocenters. The van der Waals surface area contributed by atoms with Gasteiger partial charge in [0.15, 0.2) is 0 Å². The van der Waals surface area contributed by atoms with Crippen LogP contribution in [0.15, 0.2) is 6.20 Å². The molecule has 0 spiro atoms. The molecule has 0 saturated carbocycles. The van der Waals surface area contributed by atoms with Crippen molar-refractivity contribution in [1.29, 1.82) is 5.26 Å². The number of nitriles is 1. The fourth-order valence-electron chi connectivity index (χ4n) is 1.72. The highest BCUT2D eigenvalue weighted by Gasteiger charge is 2.20. The van der Waals surface area contributed by atoms with Crippen LogP contribution in [0, 0.1) is 18.3 Å². The molecule has 0 aromatic carbocycles.